The first kappa shape index (κ1) is 27.5. The van der Waals surface area contributed by atoms with Gasteiger partial charge < -0.3 is 14.8 Å². The first-order chi connectivity index (χ1) is 19.2. The van der Waals surface area contributed by atoms with Crippen molar-refractivity contribution < 1.29 is 9.47 Å². The minimum atomic E-state index is -0.422. The molecule has 0 radical (unpaired) electrons. The van der Waals surface area contributed by atoms with Gasteiger partial charge in [-0.1, -0.05) is 85.6 Å². The quantitative estimate of drug-likeness (QED) is 0.206. The molecule has 2 heterocycles. The van der Waals surface area contributed by atoms with E-state index < -0.39 is 5.41 Å². The summed E-state index contributed by atoms with van der Waals surface area (Å²) in [7, 11) is 2.99. The number of benzene rings is 3. The predicted molar refractivity (Wildman–Crippen MR) is 162 cm³/mol. The number of nitrogens with one attached hydrogen (secondary N) is 1. The van der Waals surface area contributed by atoms with Gasteiger partial charge in [0.2, 0.25) is 5.95 Å². The minimum Gasteiger partial charge on any atom is -0.495 e. The van der Waals surface area contributed by atoms with E-state index in [-0.39, 0.29) is 21.2 Å². The highest BCUT2D eigenvalue weighted by Crippen LogP contribution is 2.45. The predicted octanol–water partition coefficient (Wildman–Crippen LogP) is 7.50. The number of rotatable bonds is 8. The second-order valence-corrected chi connectivity index (χ2v) is 10.7. The molecule has 0 aliphatic carbocycles. The number of pyridine rings is 1. The van der Waals surface area contributed by atoms with Gasteiger partial charge in [0.25, 0.3) is 5.56 Å². The molecule has 1 N–H and O–H groups in total. The van der Waals surface area contributed by atoms with Crippen LogP contribution in [0.1, 0.15) is 19.4 Å². The molecule has 0 bridgehead atoms. The van der Waals surface area contributed by atoms with Gasteiger partial charge in [-0.05, 0) is 23.8 Å². The lowest BCUT2D eigenvalue weighted by molar-refractivity contribution is 0.395. The van der Waals surface area contributed by atoms with Gasteiger partial charge in [-0.3, -0.25) is 9.36 Å². The van der Waals surface area contributed by atoms with Gasteiger partial charge in [0, 0.05) is 40.9 Å². The number of halogens is 2. The number of hydrogen-bond acceptors (Lipinski definition) is 6. The Kier molecular flexibility index (Phi) is 7.70. The number of methoxy groups -OCH3 is 2. The van der Waals surface area contributed by atoms with E-state index in [1.165, 1.54) is 14.2 Å². The summed E-state index contributed by atoms with van der Waals surface area (Å²) in [6.45, 7) is 4.51. The second kappa shape index (κ2) is 11.2. The Bertz CT molecular complexity index is 1710. The average molecular weight is 575 g/mol. The van der Waals surface area contributed by atoms with Crippen LogP contribution in [0, 0.1) is 0 Å². The molecule has 5 rings (SSSR count). The Hall–Kier alpha value is -4.07. The third kappa shape index (κ3) is 5.22. The standard InChI is InChI=1S/C31H28Cl2N4O3/c1-31(2,20-11-7-5-8-12-20)18-37-28-19(17-34-30(36-28)35-21-13-9-6-10-14-21)15-22(29(37)38)25-26(32)23(39-3)16-24(40-4)27(25)33/h5-17H,18H2,1-4H3,(H,34,35,36). The maximum Gasteiger partial charge on any atom is 0.260 e. The van der Waals surface area contributed by atoms with Crippen LogP contribution in [0.5, 0.6) is 11.5 Å². The molecule has 2 aromatic heterocycles. The average Bonchev–Trinajstić information content (AvgIpc) is 2.96. The molecule has 7 nitrogen and oxygen atoms in total. The van der Waals surface area contributed by atoms with Crippen molar-refractivity contribution in [1.29, 1.82) is 0 Å². The van der Waals surface area contributed by atoms with Gasteiger partial charge in [0.15, 0.2) is 0 Å². The van der Waals surface area contributed by atoms with Crippen LogP contribution in [0.25, 0.3) is 22.2 Å². The molecular weight excluding hydrogens is 547 g/mol. The van der Waals surface area contributed by atoms with Crippen molar-refractivity contribution in [2.45, 2.75) is 25.8 Å². The molecule has 0 atom stereocenters. The van der Waals surface area contributed by atoms with Crippen molar-refractivity contribution in [3.8, 4) is 22.6 Å². The Labute approximate surface area is 242 Å². The Morgan fingerprint density at radius 2 is 1.50 bits per heavy atom. The lowest BCUT2D eigenvalue weighted by Crippen LogP contribution is -2.33. The highest BCUT2D eigenvalue weighted by atomic mass is 35.5. The highest BCUT2D eigenvalue weighted by molar-refractivity contribution is 6.41. The van der Waals surface area contributed by atoms with Crippen LogP contribution >= 0.6 is 23.2 Å². The van der Waals surface area contributed by atoms with E-state index in [1.54, 1.807) is 22.9 Å². The van der Waals surface area contributed by atoms with Crippen LogP contribution in [0.4, 0.5) is 11.6 Å². The van der Waals surface area contributed by atoms with Crippen LogP contribution in [0.2, 0.25) is 10.0 Å². The molecule has 5 aromatic rings. The third-order valence-corrected chi connectivity index (χ3v) is 7.56. The van der Waals surface area contributed by atoms with Crippen LogP contribution in [0.15, 0.2) is 83.8 Å². The number of nitrogens with zero attached hydrogens (tertiary/aromatic N) is 3. The first-order valence-corrected chi connectivity index (χ1v) is 13.4. The third-order valence-electron chi connectivity index (χ3n) is 6.81. The normalized spacial score (nSPS) is 11.4. The zero-order valence-corrected chi connectivity index (χ0v) is 24.0. The fourth-order valence-corrected chi connectivity index (χ4v) is 5.40. The number of fused-ring (bicyclic) bond motifs is 1. The van der Waals surface area contributed by atoms with Crippen molar-refractivity contribution in [3.05, 3.63) is 105 Å². The van der Waals surface area contributed by atoms with Gasteiger partial charge in [-0.25, -0.2) is 4.98 Å². The van der Waals surface area contributed by atoms with Crippen molar-refractivity contribution in [3.63, 3.8) is 0 Å². The van der Waals surface area contributed by atoms with Crippen LogP contribution < -0.4 is 20.3 Å². The summed E-state index contributed by atoms with van der Waals surface area (Å²) in [4.78, 5) is 23.7. The van der Waals surface area contributed by atoms with Gasteiger partial charge in [0.05, 0.1) is 29.8 Å². The van der Waals surface area contributed by atoms with Crippen LogP contribution in [-0.4, -0.2) is 28.8 Å². The largest absolute Gasteiger partial charge is 0.495 e. The monoisotopic (exact) mass is 574 g/mol. The van der Waals surface area contributed by atoms with Crippen LogP contribution in [-0.2, 0) is 12.0 Å². The second-order valence-electron chi connectivity index (χ2n) is 9.95. The summed E-state index contributed by atoms with van der Waals surface area (Å²) in [5, 5.41) is 4.28. The van der Waals surface area contributed by atoms with Crippen molar-refractivity contribution in [2.75, 3.05) is 19.5 Å². The van der Waals surface area contributed by atoms with E-state index in [4.69, 9.17) is 37.7 Å². The fraction of sp³-hybridized carbons (Fsp3) is 0.194. The summed E-state index contributed by atoms with van der Waals surface area (Å²) >= 11 is 13.5. The molecule has 0 aliphatic heterocycles. The SMILES string of the molecule is COc1cc(OC)c(Cl)c(-c2cc3cnc(Nc4ccccc4)nc3n(CC(C)(C)c3ccccc3)c2=O)c1Cl. The van der Waals surface area contributed by atoms with Crippen molar-refractivity contribution in [2.24, 2.45) is 0 Å². The first-order valence-electron chi connectivity index (χ1n) is 12.6. The highest BCUT2D eigenvalue weighted by Gasteiger charge is 2.27. The number of ether oxygens (including phenoxy) is 2. The maximum absolute atomic E-state index is 14.3. The topological polar surface area (TPSA) is 78.3 Å². The Balaban J connectivity index is 1.76. The van der Waals surface area contributed by atoms with E-state index in [2.05, 4.69) is 36.3 Å². The molecule has 204 valence electrons. The smallest absolute Gasteiger partial charge is 0.260 e. The zero-order valence-electron chi connectivity index (χ0n) is 22.5. The molecule has 40 heavy (non-hydrogen) atoms. The lowest BCUT2D eigenvalue weighted by Gasteiger charge is -2.27. The molecule has 0 saturated carbocycles. The molecule has 0 spiro atoms. The van der Waals surface area contributed by atoms with Crippen molar-refractivity contribution >= 4 is 45.9 Å². The lowest BCUT2D eigenvalue weighted by atomic mass is 9.84. The van der Waals surface area contributed by atoms with E-state index >= 15 is 0 Å². The van der Waals surface area contributed by atoms with E-state index in [0.717, 1.165) is 11.3 Å². The molecule has 0 fully saturated rings. The molecule has 0 saturated heterocycles. The summed E-state index contributed by atoms with van der Waals surface area (Å²) in [6, 6.07) is 23.0. The summed E-state index contributed by atoms with van der Waals surface area (Å²) < 4.78 is 12.6. The number of aromatic nitrogens is 3. The van der Waals surface area contributed by atoms with Gasteiger partial charge in [-0.2, -0.15) is 4.98 Å². The van der Waals surface area contributed by atoms with Crippen LogP contribution in [0.3, 0.4) is 0 Å². The summed E-state index contributed by atoms with van der Waals surface area (Å²) in [5.74, 6) is 1.05. The van der Waals surface area contributed by atoms with E-state index in [0.29, 0.717) is 40.6 Å². The summed E-state index contributed by atoms with van der Waals surface area (Å²) in [5.41, 5.74) is 2.28. The number of hydrogen-bond donors (Lipinski definition) is 1. The molecular formula is C31H28Cl2N4O3. The molecule has 0 amide bonds. The van der Waals surface area contributed by atoms with E-state index in [9.17, 15) is 4.79 Å². The zero-order chi connectivity index (χ0) is 28.4. The van der Waals surface area contributed by atoms with Crippen molar-refractivity contribution in [1.82, 2.24) is 14.5 Å². The number of para-hydroxylation sites is 1. The Morgan fingerprint density at radius 1 is 0.900 bits per heavy atom. The van der Waals surface area contributed by atoms with Gasteiger partial charge in [-0.15, -0.1) is 0 Å². The molecule has 0 unspecified atom stereocenters. The van der Waals surface area contributed by atoms with Gasteiger partial charge >= 0.3 is 0 Å². The molecule has 3 aromatic carbocycles. The molecule has 9 heteroatoms. The van der Waals surface area contributed by atoms with Gasteiger partial charge in [0.1, 0.15) is 17.1 Å². The maximum atomic E-state index is 14.3. The minimum absolute atomic E-state index is 0.210. The molecule has 0 aliphatic rings. The fourth-order valence-electron chi connectivity index (χ4n) is 4.69. The summed E-state index contributed by atoms with van der Waals surface area (Å²) in [6.07, 6.45) is 1.68. The van der Waals surface area contributed by atoms with E-state index in [1.807, 2.05) is 48.5 Å². The Morgan fingerprint density at radius 3 is 2.10 bits per heavy atom. The number of anilines is 2.